The summed E-state index contributed by atoms with van der Waals surface area (Å²) in [7, 11) is 0. The fourth-order valence-electron chi connectivity index (χ4n) is 3.92. The van der Waals surface area contributed by atoms with E-state index in [1.807, 2.05) is 36.4 Å². The molecule has 2 heterocycles. The molecule has 1 aliphatic heterocycles. The van der Waals surface area contributed by atoms with E-state index in [1.165, 1.54) is 11.6 Å². The molecule has 37 heavy (non-hydrogen) atoms. The number of pyridine rings is 1. The van der Waals surface area contributed by atoms with Gasteiger partial charge in [-0.1, -0.05) is 24.3 Å². The van der Waals surface area contributed by atoms with Crippen LogP contribution in [-0.4, -0.2) is 42.1 Å². The van der Waals surface area contributed by atoms with Gasteiger partial charge in [0.05, 0.1) is 30.5 Å². The van der Waals surface area contributed by atoms with Crippen molar-refractivity contribution in [3.8, 4) is 6.07 Å². The largest absolute Gasteiger partial charge is 0.397 e. The summed E-state index contributed by atoms with van der Waals surface area (Å²) in [6.07, 6.45) is 8.22. The summed E-state index contributed by atoms with van der Waals surface area (Å²) in [6.45, 7) is 4.86. The van der Waals surface area contributed by atoms with Crippen molar-refractivity contribution < 1.29 is 9.53 Å². The van der Waals surface area contributed by atoms with Gasteiger partial charge in [0, 0.05) is 67.7 Å². The van der Waals surface area contributed by atoms with Gasteiger partial charge in [0.2, 0.25) is 5.91 Å². The standard InChI is InChI=1S/C29H30N6O2/c30-17-22-1-3-23(4-2-22)18-33-20-28(31)27-11-12-32-19-25(27)7-10-29(36)34-26-8-5-24(6-9-26)21-35-13-15-37-16-14-35/h1-12,19-20,33H,13-16,18,21,31H2,(H,34,36)/b10-7+,28-20-. The number of ether oxygens (including phenoxy) is 1. The Morgan fingerprint density at radius 3 is 2.54 bits per heavy atom. The lowest BCUT2D eigenvalue weighted by atomic mass is 10.1. The number of benzene rings is 2. The molecule has 4 N–H and O–H groups in total. The molecule has 2 aromatic carbocycles. The predicted molar refractivity (Wildman–Crippen MR) is 145 cm³/mol. The van der Waals surface area contributed by atoms with Crippen LogP contribution in [0.3, 0.4) is 0 Å². The highest BCUT2D eigenvalue weighted by Gasteiger charge is 2.10. The normalized spacial score (nSPS) is 14.3. The van der Waals surface area contributed by atoms with Crippen LogP contribution in [0.2, 0.25) is 0 Å². The number of carbonyl (C=O) groups excluding carboxylic acids is 1. The van der Waals surface area contributed by atoms with E-state index in [0.29, 0.717) is 17.8 Å². The van der Waals surface area contributed by atoms with Crippen LogP contribution in [0.1, 0.15) is 27.8 Å². The molecule has 1 aliphatic rings. The van der Waals surface area contributed by atoms with Crippen LogP contribution in [0, 0.1) is 11.3 Å². The van der Waals surface area contributed by atoms with Gasteiger partial charge < -0.3 is 21.1 Å². The summed E-state index contributed by atoms with van der Waals surface area (Å²) >= 11 is 0. The van der Waals surface area contributed by atoms with Gasteiger partial charge in [-0.15, -0.1) is 0 Å². The number of rotatable bonds is 9. The third-order valence-corrected chi connectivity index (χ3v) is 5.96. The lowest BCUT2D eigenvalue weighted by molar-refractivity contribution is -0.111. The minimum atomic E-state index is -0.239. The van der Waals surface area contributed by atoms with Crippen molar-refractivity contribution in [3.05, 3.63) is 107 Å². The van der Waals surface area contributed by atoms with E-state index in [2.05, 4.69) is 26.6 Å². The Hall–Kier alpha value is -4.45. The Balaban J connectivity index is 1.32. The number of carbonyl (C=O) groups is 1. The lowest BCUT2D eigenvalue weighted by Gasteiger charge is -2.26. The van der Waals surface area contributed by atoms with Gasteiger partial charge in [0.1, 0.15) is 0 Å². The van der Waals surface area contributed by atoms with Gasteiger partial charge in [0.25, 0.3) is 0 Å². The van der Waals surface area contributed by atoms with Crippen LogP contribution < -0.4 is 16.4 Å². The number of nitrogens with two attached hydrogens (primary N) is 1. The molecule has 1 saturated heterocycles. The van der Waals surface area contributed by atoms with E-state index < -0.39 is 0 Å². The minimum Gasteiger partial charge on any atom is -0.397 e. The zero-order valence-electron chi connectivity index (χ0n) is 20.6. The summed E-state index contributed by atoms with van der Waals surface area (Å²) in [5.41, 5.74) is 11.9. The van der Waals surface area contributed by atoms with Crippen molar-refractivity contribution in [1.82, 2.24) is 15.2 Å². The summed E-state index contributed by atoms with van der Waals surface area (Å²) in [6, 6.07) is 19.2. The van der Waals surface area contributed by atoms with Crippen molar-refractivity contribution in [2.75, 3.05) is 31.6 Å². The first kappa shape index (κ1) is 25.6. The number of aromatic nitrogens is 1. The van der Waals surface area contributed by atoms with Gasteiger partial charge in [-0.25, -0.2) is 0 Å². The molecular formula is C29H30N6O2. The van der Waals surface area contributed by atoms with Gasteiger partial charge >= 0.3 is 0 Å². The Labute approximate surface area is 217 Å². The second-order valence-corrected chi connectivity index (χ2v) is 8.66. The smallest absolute Gasteiger partial charge is 0.248 e. The third kappa shape index (κ3) is 7.77. The topological polar surface area (TPSA) is 116 Å². The maximum atomic E-state index is 12.5. The summed E-state index contributed by atoms with van der Waals surface area (Å²) in [5, 5.41) is 15.0. The highest BCUT2D eigenvalue weighted by atomic mass is 16.5. The molecule has 0 spiro atoms. The first-order chi connectivity index (χ1) is 18.1. The van der Waals surface area contributed by atoms with E-state index in [9.17, 15) is 4.79 Å². The van der Waals surface area contributed by atoms with Crippen molar-refractivity contribution in [3.63, 3.8) is 0 Å². The SMILES string of the molecule is N#Cc1ccc(CN/C=C(\N)c2ccncc2/C=C/C(=O)Nc2ccc(CN3CCOCC3)cc2)cc1. The quantitative estimate of drug-likeness (QED) is 0.390. The Morgan fingerprint density at radius 2 is 1.81 bits per heavy atom. The Bertz CT molecular complexity index is 1290. The first-order valence-corrected chi connectivity index (χ1v) is 12.1. The van der Waals surface area contributed by atoms with Crippen molar-refractivity contribution in [2.45, 2.75) is 13.1 Å². The second kappa shape index (κ2) is 13.0. The maximum Gasteiger partial charge on any atom is 0.248 e. The number of morpholine rings is 1. The van der Waals surface area contributed by atoms with Gasteiger partial charge in [-0.05, 0) is 47.5 Å². The average molecular weight is 495 g/mol. The number of nitrogens with zero attached hydrogens (tertiary/aromatic N) is 3. The fourth-order valence-corrected chi connectivity index (χ4v) is 3.92. The molecule has 8 heteroatoms. The number of nitriles is 1. The average Bonchev–Trinajstić information content (AvgIpc) is 2.94. The zero-order valence-corrected chi connectivity index (χ0v) is 20.6. The molecule has 1 fully saturated rings. The zero-order chi connectivity index (χ0) is 25.9. The number of amides is 1. The number of anilines is 1. The molecule has 0 unspecified atom stereocenters. The van der Waals surface area contributed by atoms with E-state index in [1.54, 1.807) is 42.9 Å². The molecule has 0 saturated carbocycles. The molecule has 188 valence electrons. The fraction of sp³-hybridized carbons (Fsp3) is 0.207. The monoisotopic (exact) mass is 494 g/mol. The van der Waals surface area contributed by atoms with Crippen LogP contribution >= 0.6 is 0 Å². The molecule has 0 aliphatic carbocycles. The maximum absolute atomic E-state index is 12.5. The molecule has 0 bridgehead atoms. The molecule has 3 aromatic rings. The lowest BCUT2D eigenvalue weighted by Crippen LogP contribution is -2.35. The highest BCUT2D eigenvalue weighted by Crippen LogP contribution is 2.16. The molecule has 0 atom stereocenters. The van der Waals surface area contributed by atoms with Crippen LogP contribution in [0.5, 0.6) is 0 Å². The number of hydrogen-bond acceptors (Lipinski definition) is 7. The Kier molecular flexibility index (Phi) is 9.02. The Morgan fingerprint density at radius 1 is 1.08 bits per heavy atom. The van der Waals surface area contributed by atoms with Crippen LogP contribution in [0.25, 0.3) is 11.8 Å². The van der Waals surface area contributed by atoms with Crippen molar-refractivity contribution >= 4 is 23.4 Å². The number of nitrogens with one attached hydrogen (secondary N) is 2. The second-order valence-electron chi connectivity index (χ2n) is 8.66. The molecular weight excluding hydrogens is 464 g/mol. The van der Waals surface area contributed by atoms with Crippen LogP contribution in [0.4, 0.5) is 5.69 Å². The number of hydrogen-bond donors (Lipinski definition) is 3. The van der Waals surface area contributed by atoms with Crippen molar-refractivity contribution in [2.24, 2.45) is 5.73 Å². The third-order valence-electron chi connectivity index (χ3n) is 5.96. The molecule has 1 amide bonds. The molecule has 1 aromatic heterocycles. The van der Waals surface area contributed by atoms with E-state index >= 15 is 0 Å². The minimum absolute atomic E-state index is 0.239. The van der Waals surface area contributed by atoms with Gasteiger partial charge in [-0.3, -0.25) is 14.7 Å². The first-order valence-electron chi connectivity index (χ1n) is 12.1. The molecule has 0 radical (unpaired) electrons. The highest BCUT2D eigenvalue weighted by molar-refractivity contribution is 6.02. The van der Waals surface area contributed by atoms with Crippen LogP contribution in [0.15, 0.2) is 79.3 Å². The van der Waals surface area contributed by atoms with E-state index in [-0.39, 0.29) is 5.91 Å². The summed E-state index contributed by atoms with van der Waals surface area (Å²) in [4.78, 5) is 19.0. The van der Waals surface area contributed by atoms with Gasteiger partial charge in [0.15, 0.2) is 0 Å². The predicted octanol–water partition coefficient (Wildman–Crippen LogP) is 3.48. The summed E-state index contributed by atoms with van der Waals surface area (Å²) < 4.78 is 5.40. The molecule has 8 nitrogen and oxygen atoms in total. The van der Waals surface area contributed by atoms with E-state index in [0.717, 1.165) is 55.2 Å². The molecule has 4 rings (SSSR count). The summed E-state index contributed by atoms with van der Waals surface area (Å²) in [5.74, 6) is -0.239. The van der Waals surface area contributed by atoms with Crippen LogP contribution in [-0.2, 0) is 22.6 Å². The van der Waals surface area contributed by atoms with Gasteiger partial charge in [-0.2, -0.15) is 5.26 Å². The van der Waals surface area contributed by atoms with E-state index in [4.69, 9.17) is 15.7 Å². The van der Waals surface area contributed by atoms with Crippen molar-refractivity contribution in [1.29, 1.82) is 5.26 Å².